The van der Waals surface area contributed by atoms with E-state index in [-0.39, 0.29) is 18.3 Å². The lowest BCUT2D eigenvalue weighted by Gasteiger charge is -2.06. The van der Waals surface area contributed by atoms with Crippen molar-refractivity contribution >= 4 is 55.9 Å². The van der Waals surface area contributed by atoms with Crippen LogP contribution in [0.15, 0.2) is 32.4 Å². The summed E-state index contributed by atoms with van der Waals surface area (Å²) in [5, 5.41) is 12.1. The minimum absolute atomic E-state index is 0.118. The molecule has 0 unspecified atom stereocenters. The van der Waals surface area contributed by atoms with Crippen LogP contribution in [-0.4, -0.2) is 39.0 Å². The second-order valence-corrected chi connectivity index (χ2v) is 8.61. The molecule has 3 rings (SSSR count). The van der Waals surface area contributed by atoms with E-state index in [1.807, 2.05) is 6.92 Å². The Labute approximate surface area is 177 Å². The summed E-state index contributed by atoms with van der Waals surface area (Å²) in [5.74, 6) is 0.561. The van der Waals surface area contributed by atoms with Crippen molar-refractivity contribution in [3.8, 4) is 11.6 Å². The van der Waals surface area contributed by atoms with Crippen LogP contribution in [0.1, 0.15) is 22.2 Å². The molecule has 0 bridgehead atoms. The molecule has 11 heteroatoms. The number of thioether (sulfide) groups is 1. The van der Waals surface area contributed by atoms with E-state index >= 15 is 0 Å². The van der Waals surface area contributed by atoms with Gasteiger partial charge in [-0.2, -0.15) is 0 Å². The fourth-order valence-electron chi connectivity index (χ4n) is 2.35. The smallest absolute Gasteiger partial charge is 0.341 e. The van der Waals surface area contributed by atoms with Gasteiger partial charge in [-0.05, 0) is 48.0 Å². The van der Waals surface area contributed by atoms with Crippen molar-refractivity contribution in [2.24, 2.45) is 7.05 Å². The normalized spacial score (nSPS) is 10.9. The van der Waals surface area contributed by atoms with Gasteiger partial charge in [0, 0.05) is 11.9 Å². The van der Waals surface area contributed by atoms with Crippen molar-refractivity contribution < 1.29 is 18.7 Å². The Kier molecular flexibility index (Phi) is 6.57. The molecule has 0 radical (unpaired) electrons. The number of amides is 1. The van der Waals surface area contributed by atoms with Crippen LogP contribution in [0.5, 0.6) is 0 Å². The first-order valence-corrected chi connectivity index (χ1v) is 10.8. The first kappa shape index (κ1) is 20.6. The number of carbonyl (C=O) groups excluding carboxylic acids is 2. The molecule has 0 aromatic carbocycles. The summed E-state index contributed by atoms with van der Waals surface area (Å²) < 4.78 is 12.9. The van der Waals surface area contributed by atoms with Gasteiger partial charge in [0.1, 0.15) is 5.00 Å². The number of rotatable bonds is 7. The second-order valence-electron chi connectivity index (χ2n) is 5.63. The van der Waals surface area contributed by atoms with E-state index in [0.717, 1.165) is 4.88 Å². The summed E-state index contributed by atoms with van der Waals surface area (Å²) in [7, 11) is 1.80. The van der Waals surface area contributed by atoms with Gasteiger partial charge in [-0.1, -0.05) is 11.8 Å². The lowest BCUT2D eigenvalue weighted by molar-refractivity contribution is -0.113. The van der Waals surface area contributed by atoms with E-state index in [1.54, 1.807) is 36.7 Å². The van der Waals surface area contributed by atoms with Crippen LogP contribution in [0.2, 0.25) is 0 Å². The topological polar surface area (TPSA) is 99.2 Å². The monoisotopic (exact) mass is 484 g/mol. The molecule has 3 aromatic rings. The minimum Gasteiger partial charge on any atom is -0.462 e. The number of nitrogens with one attached hydrogen (secondary N) is 1. The molecule has 3 aromatic heterocycles. The van der Waals surface area contributed by atoms with E-state index in [1.165, 1.54) is 23.1 Å². The number of halogens is 1. The van der Waals surface area contributed by atoms with E-state index in [2.05, 4.69) is 31.4 Å². The molecular weight excluding hydrogens is 468 g/mol. The van der Waals surface area contributed by atoms with Gasteiger partial charge in [0.15, 0.2) is 21.4 Å². The molecule has 0 atom stereocenters. The fourth-order valence-corrected chi connectivity index (χ4v) is 4.28. The lowest BCUT2D eigenvalue weighted by atomic mass is 10.3. The zero-order valence-electron chi connectivity index (χ0n) is 15.3. The molecule has 3 heterocycles. The standard InChI is InChI=1S/C17H17BrN4O4S2/c1-4-25-16(24)10-7-9(2)28-15(10)19-13(23)8-27-17-21-20-14(22(17)3)11-5-6-12(18)26-11/h5-7H,4,8H2,1-3H3,(H,19,23). The molecule has 28 heavy (non-hydrogen) atoms. The summed E-state index contributed by atoms with van der Waals surface area (Å²) in [6, 6.07) is 5.27. The Morgan fingerprint density at radius 2 is 2.18 bits per heavy atom. The predicted molar refractivity (Wildman–Crippen MR) is 111 cm³/mol. The average molecular weight is 485 g/mol. The van der Waals surface area contributed by atoms with Crippen LogP contribution in [0.3, 0.4) is 0 Å². The molecule has 0 fully saturated rings. The fraction of sp³-hybridized carbons (Fsp3) is 0.294. The van der Waals surface area contributed by atoms with Gasteiger partial charge in [-0.15, -0.1) is 21.5 Å². The van der Waals surface area contributed by atoms with Crippen molar-refractivity contribution in [3.05, 3.63) is 33.3 Å². The highest BCUT2D eigenvalue weighted by Gasteiger charge is 2.19. The van der Waals surface area contributed by atoms with Crippen LogP contribution in [0.4, 0.5) is 5.00 Å². The van der Waals surface area contributed by atoms with Crippen molar-refractivity contribution in [2.45, 2.75) is 19.0 Å². The van der Waals surface area contributed by atoms with Crippen molar-refractivity contribution in [3.63, 3.8) is 0 Å². The maximum absolute atomic E-state index is 12.4. The van der Waals surface area contributed by atoms with E-state index < -0.39 is 5.97 Å². The number of hydrogen-bond donors (Lipinski definition) is 1. The molecule has 0 saturated carbocycles. The number of esters is 1. The minimum atomic E-state index is -0.447. The van der Waals surface area contributed by atoms with Crippen LogP contribution in [0, 0.1) is 6.92 Å². The Hall–Kier alpha value is -2.11. The summed E-state index contributed by atoms with van der Waals surface area (Å²) in [6.07, 6.45) is 0. The molecule has 1 N–H and O–H groups in total. The highest BCUT2D eigenvalue weighted by Crippen LogP contribution is 2.29. The maximum Gasteiger partial charge on any atom is 0.341 e. The Morgan fingerprint density at radius 3 is 2.86 bits per heavy atom. The molecule has 148 valence electrons. The van der Waals surface area contributed by atoms with Gasteiger partial charge >= 0.3 is 5.97 Å². The first-order chi connectivity index (χ1) is 13.4. The number of nitrogens with zero attached hydrogens (tertiary/aromatic N) is 3. The lowest BCUT2D eigenvalue weighted by Crippen LogP contribution is -2.16. The van der Waals surface area contributed by atoms with Crippen LogP contribution in [0.25, 0.3) is 11.6 Å². The molecular formula is C17H17BrN4O4S2. The largest absolute Gasteiger partial charge is 0.462 e. The van der Waals surface area contributed by atoms with E-state index in [9.17, 15) is 9.59 Å². The zero-order valence-corrected chi connectivity index (χ0v) is 18.5. The molecule has 0 saturated heterocycles. The Morgan fingerprint density at radius 1 is 1.39 bits per heavy atom. The SMILES string of the molecule is CCOC(=O)c1cc(C)sc1NC(=O)CSc1nnc(-c2ccc(Br)o2)n1C. The van der Waals surface area contributed by atoms with Gasteiger partial charge < -0.3 is 19.0 Å². The van der Waals surface area contributed by atoms with Gasteiger partial charge in [0.25, 0.3) is 0 Å². The summed E-state index contributed by atoms with van der Waals surface area (Å²) in [4.78, 5) is 25.3. The van der Waals surface area contributed by atoms with Gasteiger partial charge in [-0.3, -0.25) is 4.79 Å². The number of aryl methyl sites for hydroxylation is 1. The second kappa shape index (κ2) is 8.93. The third kappa shape index (κ3) is 4.65. The summed E-state index contributed by atoms with van der Waals surface area (Å²) in [6.45, 7) is 3.88. The summed E-state index contributed by atoms with van der Waals surface area (Å²) in [5.41, 5.74) is 0.368. The van der Waals surface area contributed by atoms with Crippen molar-refractivity contribution in [1.82, 2.24) is 14.8 Å². The van der Waals surface area contributed by atoms with Crippen LogP contribution in [-0.2, 0) is 16.6 Å². The number of hydrogen-bond acceptors (Lipinski definition) is 8. The molecule has 0 aliphatic rings. The number of thiophene rings is 1. The average Bonchev–Trinajstić information content (AvgIpc) is 3.32. The number of carbonyl (C=O) groups is 2. The summed E-state index contributed by atoms with van der Waals surface area (Å²) >= 11 is 5.83. The third-order valence-corrected chi connectivity index (χ3v) is 5.98. The molecule has 0 aliphatic carbocycles. The maximum atomic E-state index is 12.4. The molecule has 0 aliphatic heterocycles. The zero-order chi connectivity index (χ0) is 20.3. The molecule has 1 amide bonds. The van der Waals surface area contributed by atoms with Crippen LogP contribution < -0.4 is 5.32 Å². The predicted octanol–water partition coefficient (Wildman–Crippen LogP) is 4.12. The number of furan rings is 1. The third-order valence-electron chi connectivity index (χ3n) is 3.56. The first-order valence-electron chi connectivity index (χ1n) is 8.24. The molecule has 8 nitrogen and oxygen atoms in total. The van der Waals surface area contributed by atoms with Crippen molar-refractivity contribution in [2.75, 3.05) is 17.7 Å². The Bertz CT molecular complexity index is 1010. The highest BCUT2D eigenvalue weighted by atomic mass is 79.9. The number of anilines is 1. The Balaban J connectivity index is 1.64. The van der Waals surface area contributed by atoms with Gasteiger partial charge in [-0.25, -0.2) is 4.79 Å². The number of ether oxygens (including phenoxy) is 1. The van der Waals surface area contributed by atoms with Gasteiger partial charge in [0.2, 0.25) is 5.91 Å². The van der Waals surface area contributed by atoms with Gasteiger partial charge in [0.05, 0.1) is 17.9 Å². The van der Waals surface area contributed by atoms with Crippen LogP contribution >= 0.6 is 39.0 Å². The highest BCUT2D eigenvalue weighted by molar-refractivity contribution is 9.10. The van der Waals surface area contributed by atoms with E-state index in [0.29, 0.717) is 32.0 Å². The molecule has 0 spiro atoms. The number of aromatic nitrogens is 3. The van der Waals surface area contributed by atoms with Crippen molar-refractivity contribution in [1.29, 1.82) is 0 Å². The van der Waals surface area contributed by atoms with E-state index in [4.69, 9.17) is 9.15 Å². The quantitative estimate of drug-likeness (QED) is 0.397.